The molecule has 0 spiro atoms. The van der Waals surface area contributed by atoms with Crippen molar-refractivity contribution in [2.75, 3.05) is 19.6 Å². The van der Waals surface area contributed by atoms with E-state index in [4.69, 9.17) is 34.7 Å². The number of piperidine rings is 1. The Hall–Kier alpha value is -1.55. The molecule has 4 N–H and O–H groups in total. The zero-order valence-electron chi connectivity index (χ0n) is 14.1. The van der Waals surface area contributed by atoms with Gasteiger partial charge in [0.1, 0.15) is 5.75 Å². The highest BCUT2D eigenvalue weighted by molar-refractivity contribution is 6.42. The van der Waals surface area contributed by atoms with E-state index in [9.17, 15) is 22.8 Å². The molecule has 0 aliphatic carbocycles. The lowest BCUT2D eigenvalue weighted by Gasteiger charge is -2.35. The van der Waals surface area contributed by atoms with Gasteiger partial charge in [0.25, 0.3) is 0 Å². The molecular formula is C16H18Cl2F3N3O3. The summed E-state index contributed by atoms with van der Waals surface area (Å²) in [5.74, 6) is -3.11. The van der Waals surface area contributed by atoms with Gasteiger partial charge in [-0.05, 0) is 24.8 Å². The van der Waals surface area contributed by atoms with Crippen LogP contribution in [-0.2, 0) is 9.59 Å². The summed E-state index contributed by atoms with van der Waals surface area (Å²) in [4.78, 5) is 24.5. The molecule has 0 unspecified atom stereocenters. The number of rotatable bonds is 4. The lowest BCUT2D eigenvalue weighted by Crippen LogP contribution is -2.43. The van der Waals surface area contributed by atoms with Gasteiger partial charge in [-0.25, -0.2) is 4.79 Å². The SMILES string of the molecule is NCC(=O)N1CCC([C@@H](N)c2cc(Cl)c(Cl)cc2OC(=O)C(F)(F)F)CC1. The maximum Gasteiger partial charge on any atom is 0.491 e. The topological polar surface area (TPSA) is 98.7 Å². The molecule has 1 saturated heterocycles. The van der Waals surface area contributed by atoms with Crippen LogP contribution >= 0.6 is 23.2 Å². The van der Waals surface area contributed by atoms with Crippen LogP contribution in [-0.4, -0.2) is 42.6 Å². The van der Waals surface area contributed by atoms with Crippen molar-refractivity contribution in [3.63, 3.8) is 0 Å². The number of amides is 1. The number of hydrogen-bond donors (Lipinski definition) is 2. The summed E-state index contributed by atoms with van der Waals surface area (Å²) in [6.45, 7) is 0.752. The molecule has 6 nitrogen and oxygen atoms in total. The fourth-order valence-electron chi connectivity index (χ4n) is 2.94. The van der Waals surface area contributed by atoms with Gasteiger partial charge in [-0.2, -0.15) is 13.2 Å². The van der Waals surface area contributed by atoms with Gasteiger partial charge in [0.15, 0.2) is 0 Å². The second-order valence-corrected chi connectivity index (χ2v) is 6.95. The summed E-state index contributed by atoms with van der Waals surface area (Å²) in [5, 5.41) is 0.00521. The molecule has 150 valence electrons. The van der Waals surface area contributed by atoms with E-state index in [0.717, 1.165) is 6.07 Å². The lowest BCUT2D eigenvalue weighted by molar-refractivity contribution is -0.189. The first kappa shape index (κ1) is 21.7. The average Bonchev–Trinajstić information content (AvgIpc) is 2.62. The standard InChI is InChI=1S/C16H18Cl2F3N3O3/c17-10-5-9(12(6-11(10)18)27-15(26)16(19,20)21)14(23)8-1-3-24(4-2-8)13(25)7-22/h5-6,8,14H,1-4,7,22-23H2/t14-/m1/s1. The van der Waals surface area contributed by atoms with Crippen LogP contribution in [0.5, 0.6) is 5.75 Å². The predicted octanol–water partition coefficient (Wildman–Crippen LogP) is 2.66. The van der Waals surface area contributed by atoms with Crippen molar-refractivity contribution >= 4 is 35.1 Å². The van der Waals surface area contributed by atoms with Crippen LogP contribution in [0.25, 0.3) is 0 Å². The second kappa shape index (κ2) is 8.64. The Labute approximate surface area is 163 Å². The Bertz CT molecular complexity index is 723. The number of likely N-dealkylation sites (tertiary alicyclic amines) is 1. The molecule has 27 heavy (non-hydrogen) atoms. The van der Waals surface area contributed by atoms with Gasteiger partial charge in [0.2, 0.25) is 5.91 Å². The van der Waals surface area contributed by atoms with Gasteiger partial charge in [0, 0.05) is 30.8 Å². The molecule has 1 heterocycles. The highest BCUT2D eigenvalue weighted by Gasteiger charge is 2.42. The molecule has 1 fully saturated rings. The number of hydrogen-bond acceptors (Lipinski definition) is 5. The molecule has 2 rings (SSSR count). The smallest absolute Gasteiger partial charge is 0.419 e. The summed E-state index contributed by atoms with van der Waals surface area (Å²) in [6, 6.07) is 1.58. The molecule has 1 amide bonds. The summed E-state index contributed by atoms with van der Waals surface area (Å²) in [5.41, 5.74) is 11.7. The fraction of sp³-hybridized carbons (Fsp3) is 0.500. The summed E-state index contributed by atoms with van der Waals surface area (Å²) < 4.78 is 42.1. The molecule has 0 aromatic heterocycles. The number of carbonyl (C=O) groups excluding carboxylic acids is 2. The van der Waals surface area contributed by atoms with E-state index in [1.54, 1.807) is 4.90 Å². The van der Waals surface area contributed by atoms with Gasteiger partial charge in [-0.1, -0.05) is 23.2 Å². The molecule has 1 atom stereocenters. The highest BCUT2D eigenvalue weighted by Crippen LogP contribution is 2.39. The Balaban J connectivity index is 2.22. The Kier molecular flexibility index (Phi) is 6.96. The minimum absolute atomic E-state index is 0.0686. The van der Waals surface area contributed by atoms with Crippen molar-refractivity contribution in [1.29, 1.82) is 0 Å². The third-order valence-electron chi connectivity index (χ3n) is 4.42. The van der Waals surface area contributed by atoms with E-state index in [2.05, 4.69) is 4.74 Å². The van der Waals surface area contributed by atoms with Gasteiger partial charge in [-0.3, -0.25) is 4.79 Å². The first-order chi connectivity index (χ1) is 12.5. The van der Waals surface area contributed by atoms with Crippen LogP contribution in [0.15, 0.2) is 12.1 Å². The molecule has 0 radical (unpaired) electrons. The number of benzene rings is 1. The monoisotopic (exact) mass is 427 g/mol. The summed E-state index contributed by atoms with van der Waals surface area (Å²) >= 11 is 11.8. The van der Waals surface area contributed by atoms with Crippen molar-refractivity contribution in [3.8, 4) is 5.75 Å². The quantitative estimate of drug-likeness (QED) is 0.568. The minimum atomic E-state index is -5.17. The molecular weight excluding hydrogens is 410 g/mol. The largest absolute Gasteiger partial charge is 0.491 e. The average molecular weight is 428 g/mol. The van der Waals surface area contributed by atoms with Crippen molar-refractivity contribution < 1.29 is 27.5 Å². The van der Waals surface area contributed by atoms with Crippen LogP contribution in [0.3, 0.4) is 0 Å². The van der Waals surface area contributed by atoms with E-state index in [1.165, 1.54) is 6.07 Å². The van der Waals surface area contributed by atoms with Crippen LogP contribution in [0, 0.1) is 5.92 Å². The maximum atomic E-state index is 12.5. The van der Waals surface area contributed by atoms with E-state index < -0.39 is 18.2 Å². The first-order valence-electron chi connectivity index (χ1n) is 8.06. The zero-order chi connectivity index (χ0) is 20.4. The third kappa shape index (κ3) is 5.25. The molecule has 1 aromatic carbocycles. The van der Waals surface area contributed by atoms with Crippen molar-refractivity contribution in [2.24, 2.45) is 17.4 Å². The molecule has 1 aromatic rings. The molecule has 0 bridgehead atoms. The number of nitrogens with zero attached hydrogens (tertiary/aromatic N) is 1. The van der Waals surface area contributed by atoms with Crippen LogP contribution in [0.4, 0.5) is 13.2 Å². The van der Waals surface area contributed by atoms with Crippen LogP contribution in [0.2, 0.25) is 10.0 Å². The predicted molar refractivity (Wildman–Crippen MR) is 93.4 cm³/mol. The highest BCUT2D eigenvalue weighted by atomic mass is 35.5. The van der Waals surface area contributed by atoms with Crippen molar-refractivity contribution in [3.05, 3.63) is 27.7 Å². The van der Waals surface area contributed by atoms with E-state index in [-0.39, 0.29) is 39.7 Å². The molecule has 1 aliphatic rings. The maximum absolute atomic E-state index is 12.5. The Morgan fingerprint density at radius 3 is 2.30 bits per heavy atom. The number of ether oxygens (including phenoxy) is 1. The lowest BCUT2D eigenvalue weighted by atomic mass is 9.85. The van der Waals surface area contributed by atoms with Crippen LogP contribution in [0.1, 0.15) is 24.4 Å². The molecule has 11 heteroatoms. The van der Waals surface area contributed by atoms with E-state index in [0.29, 0.717) is 25.9 Å². The van der Waals surface area contributed by atoms with Crippen molar-refractivity contribution in [2.45, 2.75) is 25.1 Å². The van der Waals surface area contributed by atoms with Gasteiger partial charge >= 0.3 is 12.1 Å². The van der Waals surface area contributed by atoms with E-state index in [1.807, 2.05) is 0 Å². The van der Waals surface area contributed by atoms with Crippen molar-refractivity contribution in [1.82, 2.24) is 4.90 Å². The first-order valence-corrected chi connectivity index (χ1v) is 8.81. The van der Waals surface area contributed by atoms with Gasteiger partial charge in [0.05, 0.1) is 16.6 Å². The van der Waals surface area contributed by atoms with Gasteiger partial charge < -0.3 is 21.1 Å². The number of esters is 1. The number of nitrogens with two attached hydrogens (primary N) is 2. The molecule has 1 aliphatic heterocycles. The molecule has 0 saturated carbocycles. The number of carbonyl (C=O) groups is 2. The normalized spacial score (nSPS) is 16.9. The summed E-state index contributed by atoms with van der Waals surface area (Å²) in [7, 11) is 0. The Morgan fingerprint density at radius 1 is 1.22 bits per heavy atom. The van der Waals surface area contributed by atoms with Crippen LogP contribution < -0.4 is 16.2 Å². The fourth-order valence-corrected chi connectivity index (χ4v) is 3.27. The van der Waals surface area contributed by atoms with E-state index >= 15 is 0 Å². The Morgan fingerprint density at radius 2 is 1.78 bits per heavy atom. The van der Waals surface area contributed by atoms with Gasteiger partial charge in [-0.15, -0.1) is 0 Å². The summed E-state index contributed by atoms with van der Waals surface area (Å²) in [6.07, 6.45) is -4.14. The minimum Gasteiger partial charge on any atom is -0.419 e. The third-order valence-corrected chi connectivity index (χ3v) is 5.14. The number of halogens is 5. The zero-order valence-corrected chi connectivity index (χ0v) is 15.6. The second-order valence-electron chi connectivity index (χ2n) is 6.14. The number of alkyl halides is 3.